The molecule has 1 unspecified atom stereocenters. The number of methoxy groups -OCH3 is 1. The van der Waals surface area contributed by atoms with E-state index >= 15 is 0 Å². The molecule has 1 amide bonds. The number of benzene rings is 1. The molecule has 4 heteroatoms. The molecule has 0 bridgehead atoms. The van der Waals surface area contributed by atoms with Crippen LogP contribution in [0.5, 0.6) is 5.75 Å². The maximum atomic E-state index is 11.3. The Bertz CT molecular complexity index is 402. The van der Waals surface area contributed by atoms with Crippen LogP contribution in [-0.2, 0) is 4.79 Å². The Balaban J connectivity index is 2.90. The van der Waals surface area contributed by atoms with Crippen LogP contribution >= 0.6 is 0 Å². The molecule has 0 aromatic heterocycles. The van der Waals surface area contributed by atoms with E-state index < -0.39 is 5.54 Å². The minimum absolute atomic E-state index is 0.0198. The van der Waals surface area contributed by atoms with Gasteiger partial charge in [-0.1, -0.05) is 18.2 Å². The lowest BCUT2D eigenvalue weighted by molar-refractivity contribution is -0.123. The molecule has 0 saturated carbocycles. The predicted octanol–water partition coefficient (Wildman–Crippen LogP) is 1.61. The first-order chi connectivity index (χ1) is 7.88. The van der Waals surface area contributed by atoms with Crippen LogP contribution in [0.3, 0.4) is 0 Å². The van der Waals surface area contributed by atoms with Gasteiger partial charge in [0.15, 0.2) is 0 Å². The standard InChI is InChI=1S/C13H20N2O2/c1-9(15-13(2,3)12(14)16)10-7-5-6-8-11(10)17-4/h5-9,15H,1-4H3,(H2,14,16). The van der Waals surface area contributed by atoms with Crippen molar-refractivity contribution in [3.05, 3.63) is 29.8 Å². The number of nitrogens with one attached hydrogen (secondary N) is 1. The van der Waals surface area contributed by atoms with E-state index in [1.807, 2.05) is 31.2 Å². The third kappa shape index (κ3) is 3.20. The number of primary amides is 1. The Morgan fingerprint density at radius 1 is 1.41 bits per heavy atom. The summed E-state index contributed by atoms with van der Waals surface area (Å²) < 4.78 is 5.29. The molecule has 3 N–H and O–H groups in total. The molecule has 0 saturated heterocycles. The molecule has 1 rings (SSSR count). The van der Waals surface area contributed by atoms with Crippen LogP contribution in [0.2, 0.25) is 0 Å². The zero-order chi connectivity index (χ0) is 13.1. The smallest absolute Gasteiger partial charge is 0.237 e. The lowest BCUT2D eigenvalue weighted by Gasteiger charge is -2.28. The molecule has 0 fully saturated rings. The highest BCUT2D eigenvalue weighted by Crippen LogP contribution is 2.25. The van der Waals surface area contributed by atoms with Gasteiger partial charge in [0, 0.05) is 11.6 Å². The highest BCUT2D eigenvalue weighted by atomic mass is 16.5. The van der Waals surface area contributed by atoms with Crippen LogP contribution in [0.1, 0.15) is 32.4 Å². The normalized spacial score (nSPS) is 13.2. The topological polar surface area (TPSA) is 64.3 Å². The van der Waals surface area contributed by atoms with Gasteiger partial charge < -0.3 is 10.5 Å². The number of ether oxygens (including phenoxy) is 1. The van der Waals surface area contributed by atoms with Crippen molar-refractivity contribution in [3.63, 3.8) is 0 Å². The molecule has 1 aromatic carbocycles. The summed E-state index contributed by atoms with van der Waals surface area (Å²) >= 11 is 0. The average Bonchev–Trinajstić information content (AvgIpc) is 2.28. The van der Waals surface area contributed by atoms with Crippen molar-refractivity contribution in [1.82, 2.24) is 5.32 Å². The van der Waals surface area contributed by atoms with Crippen molar-refractivity contribution in [1.29, 1.82) is 0 Å². The molecular weight excluding hydrogens is 216 g/mol. The largest absolute Gasteiger partial charge is 0.496 e. The number of carbonyl (C=O) groups is 1. The summed E-state index contributed by atoms with van der Waals surface area (Å²) in [6.07, 6.45) is 0. The molecule has 0 heterocycles. The summed E-state index contributed by atoms with van der Waals surface area (Å²) in [5.41, 5.74) is 5.59. The molecule has 4 nitrogen and oxygen atoms in total. The summed E-state index contributed by atoms with van der Waals surface area (Å²) in [5, 5.41) is 3.19. The monoisotopic (exact) mass is 236 g/mol. The highest BCUT2D eigenvalue weighted by Gasteiger charge is 2.27. The van der Waals surface area contributed by atoms with Crippen molar-refractivity contribution in [2.45, 2.75) is 32.4 Å². The number of hydrogen-bond acceptors (Lipinski definition) is 3. The zero-order valence-corrected chi connectivity index (χ0v) is 10.8. The van der Waals surface area contributed by atoms with E-state index in [1.165, 1.54) is 0 Å². The van der Waals surface area contributed by atoms with Crippen LogP contribution < -0.4 is 15.8 Å². The molecule has 17 heavy (non-hydrogen) atoms. The molecule has 0 aliphatic heterocycles. The summed E-state index contributed by atoms with van der Waals surface area (Å²) in [6, 6.07) is 7.69. The lowest BCUT2D eigenvalue weighted by atomic mass is 10.00. The van der Waals surface area contributed by atoms with Gasteiger partial charge in [0.2, 0.25) is 5.91 Å². The highest BCUT2D eigenvalue weighted by molar-refractivity contribution is 5.83. The summed E-state index contributed by atoms with van der Waals surface area (Å²) in [6.45, 7) is 5.51. The fourth-order valence-corrected chi connectivity index (χ4v) is 1.71. The molecule has 1 atom stereocenters. The van der Waals surface area contributed by atoms with Crippen molar-refractivity contribution >= 4 is 5.91 Å². The number of nitrogens with two attached hydrogens (primary N) is 1. The second-order valence-corrected chi connectivity index (χ2v) is 4.60. The van der Waals surface area contributed by atoms with E-state index in [-0.39, 0.29) is 11.9 Å². The zero-order valence-electron chi connectivity index (χ0n) is 10.8. The molecule has 1 aromatic rings. The van der Waals surface area contributed by atoms with E-state index in [1.54, 1.807) is 21.0 Å². The number of hydrogen-bond donors (Lipinski definition) is 2. The van der Waals surface area contributed by atoms with Gasteiger partial charge in [0.05, 0.1) is 12.6 Å². The molecule has 94 valence electrons. The Hall–Kier alpha value is -1.55. The number of para-hydroxylation sites is 1. The SMILES string of the molecule is COc1ccccc1C(C)NC(C)(C)C(N)=O. The van der Waals surface area contributed by atoms with Crippen molar-refractivity contribution in [2.24, 2.45) is 5.73 Å². The van der Waals surface area contributed by atoms with Crippen molar-refractivity contribution < 1.29 is 9.53 Å². The Morgan fingerprint density at radius 3 is 2.53 bits per heavy atom. The minimum atomic E-state index is -0.750. The molecule has 0 aliphatic carbocycles. The van der Waals surface area contributed by atoms with Crippen LogP contribution in [0.15, 0.2) is 24.3 Å². The van der Waals surface area contributed by atoms with E-state index in [0.717, 1.165) is 11.3 Å². The summed E-state index contributed by atoms with van der Waals surface area (Å²) in [7, 11) is 1.63. The van der Waals surface area contributed by atoms with Crippen LogP contribution in [0, 0.1) is 0 Å². The first kappa shape index (κ1) is 13.5. The van der Waals surface area contributed by atoms with Gasteiger partial charge in [0.25, 0.3) is 0 Å². The maximum Gasteiger partial charge on any atom is 0.237 e. The van der Waals surface area contributed by atoms with Crippen LogP contribution in [0.4, 0.5) is 0 Å². The third-order valence-corrected chi connectivity index (χ3v) is 2.80. The maximum absolute atomic E-state index is 11.3. The van der Waals surface area contributed by atoms with Crippen molar-refractivity contribution in [2.75, 3.05) is 7.11 Å². The van der Waals surface area contributed by atoms with Gasteiger partial charge in [-0.25, -0.2) is 0 Å². The van der Waals surface area contributed by atoms with Crippen molar-refractivity contribution in [3.8, 4) is 5.75 Å². The average molecular weight is 236 g/mol. The summed E-state index contributed by atoms with van der Waals surface area (Å²) in [5.74, 6) is 0.423. The first-order valence-corrected chi connectivity index (χ1v) is 5.59. The summed E-state index contributed by atoms with van der Waals surface area (Å²) in [4.78, 5) is 11.3. The van der Waals surface area contributed by atoms with E-state index in [2.05, 4.69) is 5.32 Å². The van der Waals surface area contributed by atoms with Gasteiger partial charge in [0.1, 0.15) is 5.75 Å². The van der Waals surface area contributed by atoms with E-state index in [0.29, 0.717) is 0 Å². The van der Waals surface area contributed by atoms with Gasteiger partial charge in [-0.2, -0.15) is 0 Å². The fourth-order valence-electron chi connectivity index (χ4n) is 1.71. The van der Waals surface area contributed by atoms with E-state index in [4.69, 9.17) is 10.5 Å². The van der Waals surface area contributed by atoms with Gasteiger partial charge >= 0.3 is 0 Å². The molecular formula is C13H20N2O2. The van der Waals surface area contributed by atoms with Crippen LogP contribution in [-0.4, -0.2) is 18.6 Å². The Morgan fingerprint density at radius 2 is 2.00 bits per heavy atom. The lowest BCUT2D eigenvalue weighted by Crippen LogP contribution is -2.51. The molecule has 0 radical (unpaired) electrons. The minimum Gasteiger partial charge on any atom is -0.496 e. The Labute approximate surface area is 102 Å². The fraction of sp³-hybridized carbons (Fsp3) is 0.462. The van der Waals surface area contributed by atoms with Gasteiger partial charge in [-0.3, -0.25) is 10.1 Å². The number of amides is 1. The first-order valence-electron chi connectivity index (χ1n) is 5.59. The van der Waals surface area contributed by atoms with Gasteiger partial charge in [-0.05, 0) is 26.8 Å². The number of rotatable bonds is 5. The number of carbonyl (C=O) groups excluding carboxylic acids is 1. The predicted molar refractivity (Wildman–Crippen MR) is 67.8 cm³/mol. The van der Waals surface area contributed by atoms with Crippen LogP contribution in [0.25, 0.3) is 0 Å². The third-order valence-electron chi connectivity index (χ3n) is 2.80. The second kappa shape index (κ2) is 5.19. The molecule has 0 aliphatic rings. The molecule has 0 spiro atoms. The second-order valence-electron chi connectivity index (χ2n) is 4.60. The quantitative estimate of drug-likeness (QED) is 0.816. The Kier molecular flexibility index (Phi) is 4.12. The van der Waals surface area contributed by atoms with Gasteiger partial charge in [-0.15, -0.1) is 0 Å². The van der Waals surface area contributed by atoms with E-state index in [9.17, 15) is 4.79 Å².